The van der Waals surface area contributed by atoms with Crippen molar-refractivity contribution in [3.63, 3.8) is 0 Å². The van der Waals surface area contributed by atoms with Crippen LogP contribution in [-0.2, 0) is 14.3 Å². The van der Waals surface area contributed by atoms with Crippen LogP contribution in [0.5, 0.6) is 0 Å². The van der Waals surface area contributed by atoms with Gasteiger partial charge in [-0.05, 0) is 42.7 Å². The fourth-order valence-electron chi connectivity index (χ4n) is 4.86. The molecule has 1 saturated carbocycles. The van der Waals surface area contributed by atoms with Crippen LogP contribution in [0.1, 0.15) is 78.8 Å². The number of aromatic nitrogens is 1. The van der Waals surface area contributed by atoms with E-state index < -0.39 is 11.9 Å². The summed E-state index contributed by atoms with van der Waals surface area (Å²) < 4.78 is 5.01. The minimum atomic E-state index is -0.883. The Hall–Kier alpha value is -2.21. The van der Waals surface area contributed by atoms with Crippen LogP contribution in [0.3, 0.4) is 0 Å². The molecule has 1 atom stereocenters. The molecule has 1 aromatic heterocycles. The predicted molar refractivity (Wildman–Crippen MR) is 118 cm³/mol. The zero-order chi connectivity index (χ0) is 20.9. The summed E-state index contributed by atoms with van der Waals surface area (Å²) >= 11 is 1.68. The Morgan fingerprint density at radius 1 is 1.03 bits per heavy atom. The largest absolute Gasteiger partial charge is 0.468 e. The van der Waals surface area contributed by atoms with Gasteiger partial charge in [0.15, 0.2) is 5.92 Å². The van der Waals surface area contributed by atoms with Gasteiger partial charge in [-0.15, -0.1) is 11.3 Å². The molecule has 1 unspecified atom stereocenters. The minimum absolute atomic E-state index is 0.148. The topological polar surface area (TPSA) is 59.5 Å². The van der Waals surface area contributed by atoms with Gasteiger partial charge in [0.2, 0.25) is 5.91 Å². The minimum Gasteiger partial charge on any atom is -0.468 e. The van der Waals surface area contributed by atoms with E-state index in [-0.39, 0.29) is 5.91 Å². The molecule has 2 aliphatic rings. The predicted octanol–water partition coefficient (Wildman–Crippen LogP) is 4.85. The summed E-state index contributed by atoms with van der Waals surface area (Å²) in [7, 11) is 1.35. The lowest BCUT2D eigenvalue weighted by molar-refractivity contribution is -0.150. The molecule has 30 heavy (non-hydrogen) atoms. The van der Waals surface area contributed by atoms with Crippen LogP contribution in [0.2, 0.25) is 0 Å². The standard InChI is InChI=1S/C24H30N2O3S/c1-29-24(28)21(19-9-7-18(8-10-19)17-5-3-2-4-6-17)23(27)26-14-11-20(12-15-26)22-25-13-16-30-22/h7-10,13,16-17,20-21H,2-6,11-12,14-15H2,1H3. The Morgan fingerprint density at radius 3 is 2.33 bits per heavy atom. The van der Waals surface area contributed by atoms with E-state index in [1.54, 1.807) is 11.3 Å². The Balaban J connectivity index is 1.46. The molecule has 1 amide bonds. The van der Waals surface area contributed by atoms with Gasteiger partial charge in [-0.25, -0.2) is 4.98 Å². The Morgan fingerprint density at radius 2 is 1.73 bits per heavy atom. The number of hydrogen-bond donors (Lipinski definition) is 0. The van der Waals surface area contributed by atoms with Crippen LogP contribution in [0, 0.1) is 0 Å². The first-order chi connectivity index (χ1) is 14.7. The average Bonchev–Trinajstić information content (AvgIpc) is 3.35. The second-order valence-corrected chi connectivity index (χ2v) is 9.35. The number of carbonyl (C=O) groups is 2. The highest BCUT2D eigenvalue weighted by Gasteiger charge is 2.35. The Kier molecular flexibility index (Phi) is 6.82. The maximum Gasteiger partial charge on any atom is 0.322 e. The van der Waals surface area contributed by atoms with Gasteiger partial charge in [0.05, 0.1) is 12.1 Å². The van der Waals surface area contributed by atoms with Crippen molar-refractivity contribution in [1.82, 2.24) is 9.88 Å². The van der Waals surface area contributed by atoms with E-state index in [4.69, 9.17) is 4.74 Å². The van der Waals surface area contributed by atoms with E-state index >= 15 is 0 Å². The molecule has 0 spiro atoms. The van der Waals surface area contributed by atoms with Gasteiger partial charge in [0.1, 0.15) is 0 Å². The monoisotopic (exact) mass is 426 g/mol. The molecule has 0 N–H and O–H groups in total. The SMILES string of the molecule is COC(=O)C(C(=O)N1CCC(c2nccs2)CC1)c1ccc(C2CCCCC2)cc1. The van der Waals surface area contributed by atoms with E-state index in [0.29, 0.717) is 24.9 Å². The molecule has 1 saturated heterocycles. The third kappa shape index (κ3) is 4.59. The van der Waals surface area contributed by atoms with Crippen molar-refractivity contribution in [2.75, 3.05) is 20.2 Å². The van der Waals surface area contributed by atoms with Gasteiger partial charge in [0.25, 0.3) is 0 Å². The number of carbonyl (C=O) groups excluding carboxylic acids is 2. The number of benzene rings is 1. The second-order valence-electron chi connectivity index (χ2n) is 8.43. The second kappa shape index (κ2) is 9.73. The number of thiazole rings is 1. The lowest BCUT2D eigenvalue weighted by atomic mass is 9.83. The molecular formula is C24H30N2O3S. The maximum atomic E-state index is 13.3. The lowest BCUT2D eigenvalue weighted by Gasteiger charge is -2.33. The number of ether oxygens (including phenoxy) is 1. The molecule has 6 heteroatoms. The first-order valence-corrected chi connectivity index (χ1v) is 11.9. The zero-order valence-electron chi connectivity index (χ0n) is 17.6. The molecule has 0 radical (unpaired) electrons. The van der Waals surface area contributed by atoms with Gasteiger partial charge in [0, 0.05) is 30.6 Å². The zero-order valence-corrected chi connectivity index (χ0v) is 18.4. The Bertz CT molecular complexity index is 836. The van der Waals surface area contributed by atoms with Crippen LogP contribution in [-0.4, -0.2) is 42.0 Å². The van der Waals surface area contributed by atoms with Gasteiger partial charge in [-0.3, -0.25) is 9.59 Å². The number of methoxy groups -OCH3 is 1. The van der Waals surface area contributed by atoms with Crippen LogP contribution in [0.15, 0.2) is 35.8 Å². The third-order valence-electron chi connectivity index (χ3n) is 6.64. The highest BCUT2D eigenvalue weighted by Crippen LogP contribution is 2.34. The van der Waals surface area contributed by atoms with E-state index in [9.17, 15) is 9.59 Å². The summed E-state index contributed by atoms with van der Waals surface area (Å²) in [6.45, 7) is 1.30. The number of rotatable bonds is 5. The smallest absolute Gasteiger partial charge is 0.322 e. The summed E-state index contributed by atoms with van der Waals surface area (Å²) in [5.74, 6) is -0.505. The number of likely N-dealkylation sites (tertiary alicyclic amines) is 1. The molecule has 160 valence electrons. The normalized spacial score (nSPS) is 19.4. The van der Waals surface area contributed by atoms with E-state index in [2.05, 4.69) is 17.1 Å². The number of piperidine rings is 1. The fraction of sp³-hybridized carbons (Fsp3) is 0.542. The molecule has 1 aromatic carbocycles. The molecule has 5 nitrogen and oxygen atoms in total. The van der Waals surface area contributed by atoms with Crippen molar-refractivity contribution in [3.05, 3.63) is 52.0 Å². The molecule has 1 aliphatic carbocycles. The number of hydrogen-bond acceptors (Lipinski definition) is 5. The molecule has 1 aliphatic heterocycles. The highest BCUT2D eigenvalue weighted by molar-refractivity contribution is 7.09. The average molecular weight is 427 g/mol. The molecule has 2 heterocycles. The van der Waals surface area contributed by atoms with E-state index in [0.717, 1.165) is 23.4 Å². The summed E-state index contributed by atoms with van der Waals surface area (Å²) in [6, 6.07) is 8.10. The third-order valence-corrected chi connectivity index (χ3v) is 7.58. The lowest BCUT2D eigenvalue weighted by Crippen LogP contribution is -2.42. The van der Waals surface area contributed by atoms with Gasteiger partial charge < -0.3 is 9.64 Å². The van der Waals surface area contributed by atoms with E-state index in [1.165, 1.54) is 44.8 Å². The quantitative estimate of drug-likeness (QED) is 0.506. The summed E-state index contributed by atoms with van der Waals surface area (Å²) in [6.07, 6.45) is 9.95. The van der Waals surface area contributed by atoms with Crippen LogP contribution in [0.25, 0.3) is 0 Å². The fourth-order valence-corrected chi connectivity index (χ4v) is 5.67. The number of esters is 1. The summed E-state index contributed by atoms with van der Waals surface area (Å²) in [5, 5.41) is 3.14. The van der Waals surface area contributed by atoms with Crippen LogP contribution >= 0.6 is 11.3 Å². The number of nitrogens with zero attached hydrogens (tertiary/aromatic N) is 2. The maximum absolute atomic E-state index is 13.3. The van der Waals surface area contributed by atoms with Crippen molar-refractivity contribution in [2.24, 2.45) is 0 Å². The van der Waals surface area contributed by atoms with Crippen molar-refractivity contribution < 1.29 is 14.3 Å². The number of amides is 1. The molecule has 2 fully saturated rings. The van der Waals surface area contributed by atoms with Gasteiger partial charge in [-0.1, -0.05) is 43.5 Å². The summed E-state index contributed by atoms with van der Waals surface area (Å²) in [4.78, 5) is 32.1. The van der Waals surface area contributed by atoms with Crippen LogP contribution in [0.4, 0.5) is 0 Å². The molecular weight excluding hydrogens is 396 g/mol. The molecule has 4 rings (SSSR count). The van der Waals surface area contributed by atoms with Crippen LogP contribution < -0.4 is 0 Å². The summed E-state index contributed by atoms with van der Waals surface area (Å²) in [5.41, 5.74) is 2.05. The van der Waals surface area contributed by atoms with Gasteiger partial charge in [-0.2, -0.15) is 0 Å². The van der Waals surface area contributed by atoms with Gasteiger partial charge >= 0.3 is 5.97 Å². The van der Waals surface area contributed by atoms with Crippen molar-refractivity contribution >= 4 is 23.2 Å². The van der Waals surface area contributed by atoms with E-state index in [1.807, 2.05) is 28.6 Å². The molecule has 0 bridgehead atoms. The van der Waals surface area contributed by atoms with Crippen molar-refractivity contribution in [1.29, 1.82) is 0 Å². The van der Waals surface area contributed by atoms with Crippen molar-refractivity contribution in [2.45, 2.75) is 62.7 Å². The van der Waals surface area contributed by atoms with Crippen molar-refractivity contribution in [3.8, 4) is 0 Å². The Labute approximate surface area is 182 Å². The first kappa shape index (κ1) is 21.0. The highest BCUT2D eigenvalue weighted by atomic mass is 32.1. The molecule has 2 aromatic rings. The first-order valence-electron chi connectivity index (χ1n) is 11.0.